The molecule has 3 rings (SSSR count). The normalized spacial score (nSPS) is 19.2. The Balaban J connectivity index is 2.24. The number of rotatable bonds is 1. The molecule has 1 aromatic carbocycles. The molecule has 0 radical (unpaired) electrons. The van der Waals surface area contributed by atoms with E-state index in [2.05, 4.69) is 4.98 Å². The van der Waals surface area contributed by atoms with Gasteiger partial charge < -0.3 is 10.1 Å². The monoisotopic (exact) mass is 233 g/mol. The van der Waals surface area contributed by atoms with E-state index in [4.69, 9.17) is 0 Å². The van der Waals surface area contributed by atoms with Crippen molar-refractivity contribution >= 4 is 16.9 Å². The number of halogens is 1. The highest BCUT2D eigenvalue weighted by Crippen LogP contribution is 2.36. The first-order valence-corrected chi connectivity index (χ1v) is 5.69. The number of benzene rings is 1. The van der Waals surface area contributed by atoms with Crippen molar-refractivity contribution in [2.45, 2.75) is 25.2 Å². The summed E-state index contributed by atoms with van der Waals surface area (Å²) in [6.45, 7) is 0. The first kappa shape index (κ1) is 10.3. The van der Waals surface area contributed by atoms with Crippen molar-refractivity contribution in [3.63, 3.8) is 0 Å². The van der Waals surface area contributed by atoms with Crippen LogP contribution in [0.25, 0.3) is 10.9 Å². The molecule has 0 aliphatic heterocycles. The number of carboxylic acids is 1. The highest BCUT2D eigenvalue weighted by atomic mass is 19.1. The largest absolute Gasteiger partial charge is 0.481 e. The second-order valence-corrected chi connectivity index (χ2v) is 4.49. The fourth-order valence-corrected chi connectivity index (χ4v) is 2.69. The van der Waals surface area contributed by atoms with Crippen LogP contribution in [0.15, 0.2) is 18.2 Å². The number of fused-ring (bicyclic) bond motifs is 3. The quantitative estimate of drug-likeness (QED) is 0.795. The van der Waals surface area contributed by atoms with E-state index in [1.807, 2.05) is 0 Å². The lowest BCUT2D eigenvalue weighted by atomic mass is 9.87. The maximum atomic E-state index is 13.1. The summed E-state index contributed by atoms with van der Waals surface area (Å²) in [4.78, 5) is 14.2. The van der Waals surface area contributed by atoms with Crippen LogP contribution >= 0.6 is 0 Å². The summed E-state index contributed by atoms with van der Waals surface area (Å²) in [5.41, 5.74) is 2.49. The van der Waals surface area contributed by atoms with Crippen LogP contribution < -0.4 is 0 Å². The number of H-pyrrole nitrogens is 1. The minimum atomic E-state index is -0.807. The van der Waals surface area contributed by atoms with Gasteiger partial charge in [-0.2, -0.15) is 0 Å². The fraction of sp³-hybridized carbons (Fsp3) is 0.308. The Morgan fingerprint density at radius 1 is 1.47 bits per heavy atom. The zero-order chi connectivity index (χ0) is 12.0. The molecule has 2 N–H and O–H groups in total. The van der Waals surface area contributed by atoms with Crippen LogP contribution in [-0.4, -0.2) is 16.1 Å². The van der Waals surface area contributed by atoms with Gasteiger partial charge in [-0.25, -0.2) is 4.39 Å². The number of hydrogen-bond donors (Lipinski definition) is 2. The van der Waals surface area contributed by atoms with Gasteiger partial charge in [-0.1, -0.05) is 0 Å². The molecule has 1 atom stereocenters. The highest BCUT2D eigenvalue weighted by Gasteiger charge is 2.29. The lowest BCUT2D eigenvalue weighted by Gasteiger charge is -2.18. The summed E-state index contributed by atoms with van der Waals surface area (Å²) in [7, 11) is 0. The molecule has 1 aromatic heterocycles. The van der Waals surface area contributed by atoms with Crippen LogP contribution in [0, 0.1) is 5.82 Å². The zero-order valence-corrected chi connectivity index (χ0v) is 9.16. The van der Waals surface area contributed by atoms with E-state index in [0.717, 1.165) is 29.5 Å². The third-order valence-electron chi connectivity index (χ3n) is 3.47. The molecule has 0 saturated heterocycles. The van der Waals surface area contributed by atoms with Crippen LogP contribution in [0.4, 0.5) is 4.39 Å². The summed E-state index contributed by atoms with van der Waals surface area (Å²) in [5.74, 6) is -1.59. The minimum absolute atomic E-state index is 0.303. The smallest absolute Gasteiger partial charge is 0.312 e. The Morgan fingerprint density at radius 3 is 3.06 bits per heavy atom. The molecule has 4 heteroatoms. The molecule has 2 aromatic rings. The Morgan fingerprint density at radius 2 is 2.29 bits per heavy atom. The molecule has 0 amide bonds. The summed E-state index contributed by atoms with van der Waals surface area (Å²) in [5, 5.41) is 10.1. The van der Waals surface area contributed by atoms with Crippen LogP contribution in [-0.2, 0) is 11.2 Å². The lowest BCUT2D eigenvalue weighted by molar-refractivity contribution is -0.139. The Bertz CT molecular complexity index is 603. The molecule has 0 fully saturated rings. The van der Waals surface area contributed by atoms with E-state index >= 15 is 0 Å². The Hall–Kier alpha value is -1.84. The van der Waals surface area contributed by atoms with Gasteiger partial charge in [0.15, 0.2) is 0 Å². The van der Waals surface area contributed by atoms with Gasteiger partial charge in [0.05, 0.1) is 5.92 Å². The van der Waals surface area contributed by atoms with Crippen LogP contribution in [0.1, 0.15) is 30.0 Å². The van der Waals surface area contributed by atoms with Crippen LogP contribution in [0.5, 0.6) is 0 Å². The first-order chi connectivity index (χ1) is 8.16. The molecular formula is C13H12FNO2. The second-order valence-electron chi connectivity index (χ2n) is 4.49. The van der Waals surface area contributed by atoms with Gasteiger partial charge in [0.25, 0.3) is 0 Å². The molecule has 0 spiro atoms. The van der Waals surface area contributed by atoms with E-state index in [0.29, 0.717) is 11.9 Å². The fourth-order valence-electron chi connectivity index (χ4n) is 2.69. The van der Waals surface area contributed by atoms with E-state index in [9.17, 15) is 14.3 Å². The molecular weight excluding hydrogens is 221 g/mol. The molecule has 1 heterocycles. The van der Waals surface area contributed by atoms with E-state index in [1.54, 1.807) is 6.07 Å². The van der Waals surface area contributed by atoms with E-state index in [-0.39, 0.29) is 5.82 Å². The number of aryl methyl sites for hydroxylation is 1. The number of aromatic nitrogens is 1. The summed E-state index contributed by atoms with van der Waals surface area (Å²) in [6.07, 6.45) is 2.39. The van der Waals surface area contributed by atoms with Crippen LogP contribution in [0.2, 0.25) is 0 Å². The highest BCUT2D eigenvalue weighted by molar-refractivity contribution is 5.88. The van der Waals surface area contributed by atoms with Gasteiger partial charge in [0.2, 0.25) is 0 Å². The summed E-state index contributed by atoms with van der Waals surface area (Å²) < 4.78 is 13.1. The third-order valence-corrected chi connectivity index (χ3v) is 3.47. The van der Waals surface area contributed by atoms with Gasteiger partial charge in [0, 0.05) is 16.6 Å². The standard InChI is InChI=1S/C13H12FNO2/c14-7-4-5-8-9-2-1-3-10(13(16)17)12(9)15-11(8)6-7/h4-6,10,15H,1-3H2,(H,16,17). The summed E-state index contributed by atoms with van der Waals surface area (Å²) >= 11 is 0. The average molecular weight is 233 g/mol. The third kappa shape index (κ3) is 1.52. The number of nitrogens with one attached hydrogen (secondary N) is 1. The molecule has 88 valence electrons. The SMILES string of the molecule is O=C(O)C1CCCc2c1[nH]c1cc(F)ccc21. The molecule has 1 aliphatic rings. The predicted octanol–water partition coefficient (Wildman–Crippen LogP) is 2.81. The first-order valence-electron chi connectivity index (χ1n) is 5.69. The van der Waals surface area contributed by atoms with Crippen molar-refractivity contribution in [2.75, 3.05) is 0 Å². The number of carbonyl (C=O) groups is 1. The van der Waals surface area contributed by atoms with Crippen LogP contribution in [0.3, 0.4) is 0 Å². The van der Waals surface area contributed by atoms with Crippen molar-refractivity contribution in [3.8, 4) is 0 Å². The van der Waals surface area contributed by atoms with Crippen molar-refractivity contribution in [3.05, 3.63) is 35.3 Å². The van der Waals surface area contributed by atoms with Gasteiger partial charge in [-0.3, -0.25) is 4.79 Å². The predicted molar refractivity (Wildman–Crippen MR) is 61.6 cm³/mol. The van der Waals surface area contributed by atoms with Crippen molar-refractivity contribution in [1.29, 1.82) is 0 Å². The second kappa shape index (κ2) is 3.58. The number of aromatic amines is 1. The molecule has 17 heavy (non-hydrogen) atoms. The number of carboxylic acid groups (broad SMARTS) is 1. The van der Waals surface area contributed by atoms with E-state index < -0.39 is 11.9 Å². The minimum Gasteiger partial charge on any atom is -0.481 e. The van der Waals surface area contributed by atoms with Crippen molar-refractivity contribution in [2.24, 2.45) is 0 Å². The van der Waals surface area contributed by atoms with E-state index in [1.165, 1.54) is 12.1 Å². The number of hydrogen-bond acceptors (Lipinski definition) is 1. The lowest BCUT2D eigenvalue weighted by Crippen LogP contribution is -2.17. The van der Waals surface area contributed by atoms with Gasteiger partial charge in [0.1, 0.15) is 5.82 Å². The van der Waals surface area contributed by atoms with Gasteiger partial charge in [-0.15, -0.1) is 0 Å². The maximum Gasteiger partial charge on any atom is 0.312 e. The number of aliphatic carboxylic acids is 1. The average Bonchev–Trinajstić information content (AvgIpc) is 2.65. The molecule has 0 saturated carbocycles. The zero-order valence-electron chi connectivity index (χ0n) is 9.16. The molecule has 1 unspecified atom stereocenters. The molecule has 0 bridgehead atoms. The van der Waals surface area contributed by atoms with Gasteiger partial charge >= 0.3 is 5.97 Å². The van der Waals surface area contributed by atoms with Crippen molar-refractivity contribution < 1.29 is 14.3 Å². The van der Waals surface area contributed by atoms with Gasteiger partial charge in [-0.05, 0) is 43.0 Å². The summed E-state index contributed by atoms with van der Waals surface area (Å²) in [6, 6.07) is 4.57. The van der Waals surface area contributed by atoms with Crippen molar-refractivity contribution in [1.82, 2.24) is 4.98 Å². The topological polar surface area (TPSA) is 53.1 Å². The molecule has 1 aliphatic carbocycles. The molecule has 3 nitrogen and oxygen atoms in total. The maximum absolute atomic E-state index is 13.1. The Kier molecular flexibility index (Phi) is 2.18. The Labute approximate surface area is 97.3 Å².